The molecule has 0 saturated carbocycles. The minimum atomic E-state index is -0.694. The van der Waals surface area contributed by atoms with Crippen molar-refractivity contribution < 1.29 is 23.7 Å². The highest BCUT2D eigenvalue weighted by molar-refractivity contribution is 5.85. The van der Waals surface area contributed by atoms with Gasteiger partial charge in [-0.05, 0) is 61.4 Å². The van der Waals surface area contributed by atoms with Crippen molar-refractivity contribution in [3.8, 4) is 23.0 Å². The minimum absolute atomic E-state index is 0.216. The number of rotatable bonds is 10. The highest BCUT2D eigenvalue weighted by Gasteiger charge is 2.15. The summed E-state index contributed by atoms with van der Waals surface area (Å²) in [5.41, 5.74) is 3.27. The summed E-state index contributed by atoms with van der Waals surface area (Å²) in [6.45, 7) is 4.74. The molecular formula is C22H26N2O5. The predicted molar refractivity (Wildman–Crippen MR) is 110 cm³/mol. The van der Waals surface area contributed by atoms with Crippen LogP contribution in [0.5, 0.6) is 23.0 Å². The van der Waals surface area contributed by atoms with Crippen LogP contribution in [0.2, 0.25) is 0 Å². The van der Waals surface area contributed by atoms with Crippen molar-refractivity contribution >= 4 is 12.1 Å². The number of carbonyl (C=O) groups is 1. The lowest BCUT2D eigenvalue weighted by molar-refractivity contribution is -0.127. The minimum Gasteiger partial charge on any atom is -0.494 e. The molecule has 0 spiro atoms. The number of ether oxygens (including phenoxy) is 4. The van der Waals surface area contributed by atoms with Gasteiger partial charge in [-0.2, -0.15) is 5.10 Å². The van der Waals surface area contributed by atoms with E-state index in [1.54, 1.807) is 31.2 Å². The second-order valence-corrected chi connectivity index (χ2v) is 6.63. The van der Waals surface area contributed by atoms with Gasteiger partial charge in [0.2, 0.25) is 6.79 Å². The van der Waals surface area contributed by atoms with Gasteiger partial charge in [0.1, 0.15) is 11.5 Å². The number of nitrogens with zero attached hydrogens (tertiary/aromatic N) is 1. The van der Waals surface area contributed by atoms with E-state index >= 15 is 0 Å². The third kappa shape index (κ3) is 6.14. The molecule has 1 atom stereocenters. The quantitative estimate of drug-likeness (QED) is 0.373. The second kappa shape index (κ2) is 10.4. The van der Waals surface area contributed by atoms with Gasteiger partial charge in [0.25, 0.3) is 5.91 Å². The normalized spacial score (nSPS) is 13.3. The van der Waals surface area contributed by atoms with E-state index in [-0.39, 0.29) is 12.7 Å². The molecule has 7 nitrogen and oxygen atoms in total. The molecule has 1 aliphatic heterocycles. The van der Waals surface area contributed by atoms with E-state index < -0.39 is 6.10 Å². The Morgan fingerprint density at radius 1 is 1.14 bits per heavy atom. The van der Waals surface area contributed by atoms with Gasteiger partial charge in [0, 0.05) is 0 Å². The third-order valence-corrected chi connectivity index (χ3v) is 4.31. The lowest BCUT2D eigenvalue weighted by atomic mass is 10.2. The van der Waals surface area contributed by atoms with Crippen molar-refractivity contribution in [3.63, 3.8) is 0 Å². The molecule has 3 rings (SSSR count). The van der Waals surface area contributed by atoms with E-state index in [4.69, 9.17) is 18.9 Å². The first-order valence-corrected chi connectivity index (χ1v) is 9.78. The molecule has 1 N–H and O–H groups in total. The molecule has 1 amide bonds. The van der Waals surface area contributed by atoms with Crippen molar-refractivity contribution in [1.29, 1.82) is 0 Å². The molecule has 0 unspecified atom stereocenters. The summed E-state index contributed by atoms with van der Waals surface area (Å²) in [5.74, 6) is 2.40. The monoisotopic (exact) mass is 398 g/mol. The van der Waals surface area contributed by atoms with Crippen molar-refractivity contribution in [2.45, 2.75) is 39.2 Å². The van der Waals surface area contributed by atoms with E-state index in [1.165, 1.54) is 6.21 Å². The Hall–Kier alpha value is -3.22. The molecule has 0 bridgehead atoms. The van der Waals surface area contributed by atoms with Gasteiger partial charge in [-0.1, -0.05) is 19.8 Å². The van der Waals surface area contributed by atoms with Gasteiger partial charge in [0.05, 0.1) is 12.8 Å². The fourth-order valence-electron chi connectivity index (χ4n) is 2.67. The van der Waals surface area contributed by atoms with Crippen LogP contribution in [0.1, 0.15) is 38.7 Å². The van der Waals surface area contributed by atoms with Gasteiger partial charge >= 0.3 is 0 Å². The van der Waals surface area contributed by atoms with Crippen LogP contribution in [-0.2, 0) is 4.79 Å². The topological polar surface area (TPSA) is 78.4 Å². The summed E-state index contributed by atoms with van der Waals surface area (Å²) in [4.78, 5) is 12.2. The first-order valence-electron chi connectivity index (χ1n) is 9.78. The van der Waals surface area contributed by atoms with E-state index in [0.29, 0.717) is 23.9 Å². The Morgan fingerprint density at radius 2 is 1.90 bits per heavy atom. The zero-order valence-corrected chi connectivity index (χ0v) is 16.7. The van der Waals surface area contributed by atoms with Crippen LogP contribution in [0.3, 0.4) is 0 Å². The molecule has 0 aromatic heterocycles. The van der Waals surface area contributed by atoms with Crippen LogP contribution < -0.4 is 24.4 Å². The number of carbonyl (C=O) groups excluding carboxylic acids is 1. The zero-order valence-electron chi connectivity index (χ0n) is 16.7. The average Bonchev–Trinajstić information content (AvgIpc) is 3.20. The Morgan fingerprint density at radius 3 is 2.69 bits per heavy atom. The van der Waals surface area contributed by atoms with Crippen molar-refractivity contribution in [3.05, 3.63) is 48.0 Å². The Kier molecular flexibility index (Phi) is 7.33. The Labute approximate surface area is 170 Å². The number of hydrogen-bond donors (Lipinski definition) is 1. The largest absolute Gasteiger partial charge is 0.494 e. The smallest absolute Gasteiger partial charge is 0.280 e. The number of amides is 1. The maximum absolute atomic E-state index is 12.2. The predicted octanol–water partition coefficient (Wildman–Crippen LogP) is 3.90. The highest BCUT2D eigenvalue weighted by Crippen LogP contribution is 2.31. The molecule has 0 aliphatic carbocycles. The van der Waals surface area contributed by atoms with Crippen molar-refractivity contribution in [2.75, 3.05) is 13.4 Å². The summed E-state index contributed by atoms with van der Waals surface area (Å²) in [5, 5.41) is 3.97. The van der Waals surface area contributed by atoms with E-state index in [2.05, 4.69) is 17.5 Å². The van der Waals surface area contributed by atoms with Crippen LogP contribution in [0.4, 0.5) is 0 Å². The zero-order chi connectivity index (χ0) is 20.5. The first kappa shape index (κ1) is 20.5. The molecule has 7 heteroatoms. The molecule has 2 aromatic carbocycles. The standard InChI is InChI=1S/C22H26N2O5/c1-3-4-5-12-26-18-7-9-19(10-8-18)29-16(2)22(25)24-23-14-17-6-11-20-21(13-17)28-15-27-20/h6-11,13-14,16H,3-5,12,15H2,1-2H3,(H,24,25)/b23-14+/t16-/m0/s1. The molecule has 154 valence electrons. The number of nitrogens with one attached hydrogen (secondary N) is 1. The SMILES string of the molecule is CCCCCOc1ccc(O[C@@H](C)C(=O)N/N=C/c2ccc3c(c2)OCO3)cc1. The summed E-state index contributed by atoms with van der Waals surface area (Å²) in [6.07, 6.45) is 4.21. The van der Waals surface area contributed by atoms with Gasteiger partial charge in [-0.15, -0.1) is 0 Å². The summed E-state index contributed by atoms with van der Waals surface area (Å²) in [6, 6.07) is 12.7. The Bertz CT molecular complexity index is 836. The van der Waals surface area contributed by atoms with E-state index in [1.807, 2.05) is 18.2 Å². The molecule has 29 heavy (non-hydrogen) atoms. The fraction of sp³-hybridized carbons (Fsp3) is 0.364. The van der Waals surface area contributed by atoms with Gasteiger partial charge < -0.3 is 18.9 Å². The molecule has 1 aliphatic rings. The van der Waals surface area contributed by atoms with Crippen LogP contribution in [-0.4, -0.2) is 31.6 Å². The summed E-state index contributed by atoms with van der Waals surface area (Å²) >= 11 is 0. The van der Waals surface area contributed by atoms with Crippen LogP contribution in [0.15, 0.2) is 47.6 Å². The molecule has 0 saturated heterocycles. The lowest BCUT2D eigenvalue weighted by Gasteiger charge is -2.13. The molecular weight excluding hydrogens is 372 g/mol. The molecule has 0 fully saturated rings. The summed E-state index contributed by atoms with van der Waals surface area (Å²) in [7, 11) is 0. The number of benzene rings is 2. The maximum atomic E-state index is 12.2. The highest BCUT2D eigenvalue weighted by atomic mass is 16.7. The second-order valence-electron chi connectivity index (χ2n) is 6.63. The van der Waals surface area contributed by atoms with Crippen molar-refractivity contribution in [2.24, 2.45) is 5.10 Å². The molecule has 2 aromatic rings. The number of unbranched alkanes of at least 4 members (excludes halogenated alkanes) is 2. The number of hydrazone groups is 1. The summed E-state index contributed by atoms with van der Waals surface area (Å²) < 4.78 is 21.9. The molecule has 1 heterocycles. The average molecular weight is 398 g/mol. The molecule has 0 radical (unpaired) electrons. The van der Waals surface area contributed by atoms with Gasteiger partial charge in [-0.3, -0.25) is 4.79 Å². The van der Waals surface area contributed by atoms with Gasteiger partial charge in [0.15, 0.2) is 17.6 Å². The van der Waals surface area contributed by atoms with Gasteiger partial charge in [-0.25, -0.2) is 5.43 Å². The fourth-order valence-corrected chi connectivity index (χ4v) is 2.67. The first-order chi connectivity index (χ1) is 14.2. The lowest BCUT2D eigenvalue weighted by Crippen LogP contribution is -2.33. The van der Waals surface area contributed by atoms with Crippen molar-refractivity contribution in [1.82, 2.24) is 5.43 Å². The maximum Gasteiger partial charge on any atom is 0.280 e. The number of hydrogen-bond acceptors (Lipinski definition) is 6. The number of fused-ring (bicyclic) bond motifs is 1. The van der Waals surface area contributed by atoms with Crippen LogP contribution >= 0.6 is 0 Å². The van der Waals surface area contributed by atoms with Crippen LogP contribution in [0.25, 0.3) is 0 Å². The Balaban J connectivity index is 1.44. The third-order valence-electron chi connectivity index (χ3n) is 4.31. The van der Waals surface area contributed by atoms with E-state index in [9.17, 15) is 4.79 Å². The van der Waals surface area contributed by atoms with E-state index in [0.717, 1.165) is 30.6 Å². The van der Waals surface area contributed by atoms with Crippen LogP contribution in [0, 0.1) is 0 Å².